The first-order valence-electron chi connectivity index (χ1n) is 6.77. The zero-order valence-corrected chi connectivity index (χ0v) is 11.1. The Hall–Kier alpha value is -1.18. The molecule has 1 aromatic carbocycles. The highest BCUT2D eigenvalue weighted by Crippen LogP contribution is 2.27. The van der Waals surface area contributed by atoms with E-state index in [1.165, 1.54) is 49.8 Å². The molecule has 1 aliphatic rings. The fourth-order valence-corrected chi connectivity index (χ4v) is 2.85. The number of nitrogens with zero attached hydrogens (tertiary/aromatic N) is 1. The Labute approximate surface area is 105 Å². The van der Waals surface area contributed by atoms with E-state index in [-0.39, 0.29) is 0 Å². The predicted molar refractivity (Wildman–Crippen MR) is 75.5 cm³/mol. The van der Waals surface area contributed by atoms with Gasteiger partial charge in [0.2, 0.25) is 0 Å². The average molecular weight is 232 g/mol. The summed E-state index contributed by atoms with van der Waals surface area (Å²) in [5, 5.41) is 0. The first kappa shape index (κ1) is 12.3. The standard InChI is InChI=1S/C15H24N2/c1-12-9-13(16)11-15(10-12)17(2)14-7-5-3-4-6-8-14/h9-11,14H,3-8,16H2,1-2H3. The summed E-state index contributed by atoms with van der Waals surface area (Å²) in [6.07, 6.45) is 8.20. The van der Waals surface area contributed by atoms with E-state index in [0.29, 0.717) is 6.04 Å². The molecule has 0 saturated heterocycles. The zero-order chi connectivity index (χ0) is 12.3. The molecule has 0 aliphatic heterocycles. The highest BCUT2D eigenvalue weighted by Gasteiger charge is 2.17. The second-order valence-corrected chi connectivity index (χ2v) is 5.36. The highest BCUT2D eigenvalue weighted by molar-refractivity contribution is 5.58. The summed E-state index contributed by atoms with van der Waals surface area (Å²) in [4.78, 5) is 2.43. The molecule has 1 fully saturated rings. The Morgan fingerprint density at radius 1 is 1.06 bits per heavy atom. The number of hydrogen-bond donors (Lipinski definition) is 1. The fraction of sp³-hybridized carbons (Fsp3) is 0.600. The number of hydrogen-bond acceptors (Lipinski definition) is 2. The van der Waals surface area contributed by atoms with E-state index >= 15 is 0 Å². The van der Waals surface area contributed by atoms with Crippen molar-refractivity contribution in [3.8, 4) is 0 Å². The lowest BCUT2D eigenvalue weighted by atomic mass is 10.1. The van der Waals surface area contributed by atoms with Crippen molar-refractivity contribution in [2.24, 2.45) is 0 Å². The first-order valence-corrected chi connectivity index (χ1v) is 6.77. The van der Waals surface area contributed by atoms with Gasteiger partial charge in [0.15, 0.2) is 0 Å². The van der Waals surface area contributed by atoms with Crippen molar-refractivity contribution in [3.63, 3.8) is 0 Å². The summed E-state index contributed by atoms with van der Waals surface area (Å²) < 4.78 is 0. The second kappa shape index (κ2) is 5.44. The molecular formula is C15H24N2. The van der Waals surface area contributed by atoms with Gasteiger partial charge in [-0.25, -0.2) is 0 Å². The average Bonchev–Trinajstić information content (AvgIpc) is 2.55. The molecule has 0 amide bonds. The highest BCUT2D eigenvalue weighted by atomic mass is 15.1. The Morgan fingerprint density at radius 2 is 1.71 bits per heavy atom. The third-order valence-electron chi connectivity index (χ3n) is 3.86. The number of rotatable bonds is 2. The zero-order valence-electron chi connectivity index (χ0n) is 11.1. The normalized spacial score (nSPS) is 17.8. The molecule has 0 radical (unpaired) electrons. The van der Waals surface area contributed by atoms with Crippen LogP contribution >= 0.6 is 0 Å². The van der Waals surface area contributed by atoms with Gasteiger partial charge < -0.3 is 10.6 Å². The van der Waals surface area contributed by atoms with Crippen molar-refractivity contribution >= 4 is 11.4 Å². The number of aryl methyl sites for hydroxylation is 1. The maximum absolute atomic E-state index is 5.93. The van der Waals surface area contributed by atoms with Crippen LogP contribution < -0.4 is 10.6 Å². The molecular weight excluding hydrogens is 208 g/mol. The van der Waals surface area contributed by atoms with Crippen molar-refractivity contribution < 1.29 is 0 Å². The summed E-state index contributed by atoms with van der Waals surface area (Å²) in [6, 6.07) is 7.06. The van der Waals surface area contributed by atoms with Gasteiger partial charge in [0.25, 0.3) is 0 Å². The topological polar surface area (TPSA) is 29.3 Å². The molecule has 2 heteroatoms. The van der Waals surface area contributed by atoms with Crippen molar-refractivity contribution in [2.45, 2.75) is 51.5 Å². The van der Waals surface area contributed by atoms with Crippen LogP contribution in [0.2, 0.25) is 0 Å². The summed E-state index contributed by atoms with van der Waals surface area (Å²) in [7, 11) is 2.21. The van der Waals surface area contributed by atoms with E-state index in [1.54, 1.807) is 0 Å². The predicted octanol–water partition coefficient (Wildman–Crippen LogP) is 3.74. The lowest BCUT2D eigenvalue weighted by Crippen LogP contribution is -2.31. The van der Waals surface area contributed by atoms with Crippen molar-refractivity contribution in [2.75, 3.05) is 17.7 Å². The maximum atomic E-state index is 5.93. The molecule has 17 heavy (non-hydrogen) atoms. The molecule has 0 atom stereocenters. The minimum atomic E-state index is 0.693. The van der Waals surface area contributed by atoms with E-state index < -0.39 is 0 Å². The molecule has 2 nitrogen and oxygen atoms in total. The van der Waals surface area contributed by atoms with Gasteiger partial charge in [0, 0.05) is 24.5 Å². The lowest BCUT2D eigenvalue weighted by molar-refractivity contribution is 0.553. The van der Waals surface area contributed by atoms with Gasteiger partial charge in [-0.2, -0.15) is 0 Å². The maximum Gasteiger partial charge on any atom is 0.0389 e. The molecule has 2 N–H and O–H groups in total. The van der Waals surface area contributed by atoms with Gasteiger partial charge in [0.1, 0.15) is 0 Å². The van der Waals surface area contributed by atoms with Crippen LogP contribution in [-0.2, 0) is 0 Å². The van der Waals surface area contributed by atoms with Crippen molar-refractivity contribution in [1.82, 2.24) is 0 Å². The molecule has 2 rings (SSSR count). The van der Waals surface area contributed by atoms with Crippen LogP contribution in [0.15, 0.2) is 18.2 Å². The van der Waals surface area contributed by atoms with Gasteiger partial charge in [-0.3, -0.25) is 0 Å². The molecule has 1 aliphatic carbocycles. The SMILES string of the molecule is Cc1cc(N)cc(N(C)C2CCCCCC2)c1. The van der Waals surface area contributed by atoms with E-state index in [1.807, 2.05) is 6.07 Å². The van der Waals surface area contributed by atoms with Crippen LogP contribution in [0.5, 0.6) is 0 Å². The van der Waals surface area contributed by atoms with E-state index in [2.05, 4.69) is 31.0 Å². The Kier molecular flexibility index (Phi) is 3.93. The van der Waals surface area contributed by atoms with E-state index in [4.69, 9.17) is 5.73 Å². The number of anilines is 2. The van der Waals surface area contributed by atoms with Gasteiger partial charge in [-0.05, 0) is 43.5 Å². The Balaban J connectivity index is 2.14. The first-order chi connectivity index (χ1) is 8.16. The molecule has 0 bridgehead atoms. The van der Waals surface area contributed by atoms with E-state index in [0.717, 1.165) is 5.69 Å². The number of nitrogens with two attached hydrogens (primary N) is 1. The molecule has 0 spiro atoms. The lowest BCUT2D eigenvalue weighted by Gasteiger charge is -2.29. The van der Waals surface area contributed by atoms with Gasteiger partial charge in [-0.1, -0.05) is 25.7 Å². The summed E-state index contributed by atoms with van der Waals surface area (Å²) in [6.45, 7) is 2.11. The summed E-state index contributed by atoms with van der Waals surface area (Å²) in [5.41, 5.74) is 9.33. The minimum absolute atomic E-state index is 0.693. The van der Waals surface area contributed by atoms with Gasteiger partial charge in [-0.15, -0.1) is 0 Å². The Bertz CT molecular complexity index is 345. The van der Waals surface area contributed by atoms with Crippen LogP contribution in [-0.4, -0.2) is 13.1 Å². The monoisotopic (exact) mass is 232 g/mol. The minimum Gasteiger partial charge on any atom is -0.399 e. The third kappa shape index (κ3) is 3.15. The van der Waals surface area contributed by atoms with Gasteiger partial charge >= 0.3 is 0 Å². The van der Waals surface area contributed by atoms with E-state index in [9.17, 15) is 0 Å². The quantitative estimate of drug-likeness (QED) is 0.622. The second-order valence-electron chi connectivity index (χ2n) is 5.36. The number of benzene rings is 1. The molecule has 1 saturated carbocycles. The van der Waals surface area contributed by atoms with Gasteiger partial charge in [0.05, 0.1) is 0 Å². The van der Waals surface area contributed by atoms with Crippen LogP contribution in [0.25, 0.3) is 0 Å². The smallest absolute Gasteiger partial charge is 0.0389 e. The fourth-order valence-electron chi connectivity index (χ4n) is 2.85. The number of nitrogen functional groups attached to an aromatic ring is 1. The summed E-state index contributed by atoms with van der Waals surface area (Å²) in [5.74, 6) is 0. The van der Waals surface area contributed by atoms with Crippen LogP contribution in [0.3, 0.4) is 0 Å². The van der Waals surface area contributed by atoms with Crippen LogP contribution in [0.1, 0.15) is 44.1 Å². The Morgan fingerprint density at radius 3 is 2.29 bits per heavy atom. The molecule has 94 valence electrons. The van der Waals surface area contributed by atoms with Crippen molar-refractivity contribution in [1.29, 1.82) is 0 Å². The summed E-state index contributed by atoms with van der Waals surface area (Å²) >= 11 is 0. The molecule has 1 aromatic rings. The largest absolute Gasteiger partial charge is 0.399 e. The molecule has 0 aromatic heterocycles. The third-order valence-corrected chi connectivity index (χ3v) is 3.86. The van der Waals surface area contributed by atoms with Crippen LogP contribution in [0, 0.1) is 6.92 Å². The molecule has 0 unspecified atom stereocenters. The van der Waals surface area contributed by atoms with Crippen LogP contribution in [0.4, 0.5) is 11.4 Å². The van der Waals surface area contributed by atoms with Crippen molar-refractivity contribution in [3.05, 3.63) is 23.8 Å². The molecule has 0 heterocycles.